The Balaban J connectivity index is 1.34. The third-order valence-electron chi connectivity index (χ3n) is 5.45. The minimum absolute atomic E-state index is 0.214. The maximum atomic E-state index is 13.2. The van der Waals surface area contributed by atoms with E-state index >= 15 is 0 Å². The summed E-state index contributed by atoms with van der Waals surface area (Å²) in [5, 5.41) is 5.64. The van der Waals surface area contributed by atoms with Gasteiger partial charge in [0, 0.05) is 24.2 Å². The zero-order valence-corrected chi connectivity index (χ0v) is 16.9. The molecule has 0 atom stereocenters. The maximum Gasteiger partial charge on any atom is 0.416 e. The molecule has 1 fully saturated rings. The number of para-hydroxylation sites is 1. The molecule has 3 rings (SSSR count). The van der Waals surface area contributed by atoms with Crippen LogP contribution in [-0.4, -0.2) is 45.3 Å². The highest BCUT2D eigenvalue weighted by molar-refractivity contribution is 5.89. The molecular weight excluding hydrogens is 393 g/mol. The highest BCUT2D eigenvalue weighted by Crippen LogP contribution is 2.31. The van der Waals surface area contributed by atoms with Gasteiger partial charge in [0.1, 0.15) is 32.7 Å². The van der Waals surface area contributed by atoms with Gasteiger partial charge in [0.05, 0.1) is 12.1 Å². The van der Waals surface area contributed by atoms with E-state index in [-0.39, 0.29) is 6.03 Å². The summed E-state index contributed by atoms with van der Waals surface area (Å²) in [6.07, 6.45) is -3.44. The molecule has 1 heterocycles. The first-order valence-corrected chi connectivity index (χ1v) is 10.3. The second-order valence-electron chi connectivity index (χ2n) is 7.68. The number of carbonyl (C=O) groups excluding carboxylic acids is 1. The van der Waals surface area contributed by atoms with Crippen molar-refractivity contribution < 1.29 is 27.8 Å². The van der Waals surface area contributed by atoms with Crippen LogP contribution >= 0.6 is 0 Å². The molecule has 0 aromatic heterocycles. The van der Waals surface area contributed by atoms with Gasteiger partial charge in [-0.2, -0.15) is 13.2 Å². The first-order valence-electron chi connectivity index (χ1n) is 10.3. The van der Waals surface area contributed by atoms with Crippen molar-refractivity contribution in [2.24, 2.45) is 0 Å². The topological polar surface area (TPSA) is 50.0 Å². The Morgan fingerprint density at radius 3 is 2.23 bits per heavy atom. The smallest absolute Gasteiger partial charge is 0.338 e. The van der Waals surface area contributed by atoms with Gasteiger partial charge < -0.3 is 20.4 Å². The van der Waals surface area contributed by atoms with E-state index in [1.54, 1.807) is 12.1 Å². The Kier molecular flexibility index (Phi) is 7.70. The third kappa shape index (κ3) is 6.74. The molecule has 1 saturated heterocycles. The zero-order valence-electron chi connectivity index (χ0n) is 16.9. The molecule has 1 aliphatic heterocycles. The minimum atomic E-state index is -4.30. The van der Waals surface area contributed by atoms with Crippen LogP contribution < -0.4 is 20.4 Å². The summed E-state index contributed by atoms with van der Waals surface area (Å²) in [6, 6.07) is 14.9. The molecule has 1 aliphatic rings. The Hall–Kier alpha value is -2.58. The number of amides is 2. The number of nitrogens with one attached hydrogen (secondary N) is 4. The highest BCUT2D eigenvalue weighted by Gasteiger charge is 2.34. The van der Waals surface area contributed by atoms with E-state index < -0.39 is 11.7 Å². The maximum absolute atomic E-state index is 13.2. The second kappa shape index (κ2) is 10.4. The highest BCUT2D eigenvalue weighted by atomic mass is 19.4. The van der Waals surface area contributed by atoms with Crippen molar-refractivity contribution in [3.8, 4) is 0 Å². The fraction of sp³-hybridized carbons (Fsp3) is 0.409. The van der Waals surface area contributed by atoms with Gasteiger partial charge in [-0.15, -0.1) is 0 Å². The fourth-order valence-electron chi connectivity index (χ4n) is 3.84. The van der Waals surface area contributed by atoms with Crippen LogP contribution in [0.2, 0.25) is 0 Å². The molecule has 0 saturated carbocycles. The molecule has 5 nitrogen and oxygen atoms in total. The summed E-state index contributed by atoms with van der Waals surface area (Å²) in [7, 11) is 0. The molecule has 30 heavy (non-hydrogen) atoms. The van der Waals surface area contributed by atoms with Crippen molar-refractivity contribution in [2.75, 3.05) is 44.6 Å². The van der Waals surface area contributed by atoms with E-state index in [9.17, 15) is 18.0 Å². The predicted molar refractivity (Wildman–Crippen MR) is 109 cm³/mol. The van der Waals surface area contributed by atoms with E-state index in [2.05, 4.69) is 10.6 Å². The quantitative estimate of drug-likeness (QED) is 0.498. The fourth-order valence-corrected chi connectivity index (χ4v) is 3.84. The number of urea groups is 1. The lowest BCUT2D eigenvalue weighted by Crippen LogP contribution is -3.27. The summed E-state index contributed by atoms with van der Waals surface area (Å²) in [4.78, 5) is 14.5. The molecule has 0 bridgehead atoms. The summed E-state index contributed by atoms with van der Waals surface area (Å²) in [5.41, 5.74) is 0.607. The first-order chi connectivity index (χ1) is 14.4. The van der Waals surface area contributed by atoms with Gasteiger partial charge in [0.2, 0.25) is 0 Å². The van der Waals surface area contributed by atoms with Crippen LogP contribution in [0.1, 0.15) is 17.5 Å². The van der Waals surface area contributed by atoms with Gasteiger partial charge >= 0.3 is 12.2 Å². The van der Waals surface area contributed by atoms with Crippen molar-refractivity contribution in [3.63, 3.8) is 0 Å². The van der Waals surface area contributed by atoms with Crippen molar-refractivity contribution in [1.82, 2.24) is 5.32 Å². The van der Waals surface area contributed by atoms with Gasteiger partial charge in [-0.25, -0.2) is 4.79 Å². The van der Waals surface area contributed by atoms with E-state index in [1.807, 2.05) is 30.3 Å². The molecule has 4 N–H and O–H groups in total. The molecule has 0 radical (unpaired) electrons. The van der Waals surface area contributed by atoms with Gasteiger partial charge in [-0.3, -0.25) is 0 Å². The molecule has 0 unspecified atom stereocenters. The van der Waals surface area contributed by atoms with E-state index in [0.717, 1.165) is 50.9 Å². The van der Waals surface area contributed by atoms with Crippen LogP contribution in [0.3, 0.4) is 0 Å². The van der Waals surface area contributed by atoms with Crippen molar-refractivity contribution in [2.45, 2.75) is 19.1 Å². The van der Waals surface area contributed by atoms with Crippen molar-refractivity contribution >= 4 is 11.7 Å². The molecule has 0 aliphatic carbocycles. The Labute approximate surface area is 174 Å². The van der Waals surface area contributed by atoms with Gasteiger partial charge in [-0.05, 0) is 18.2 Å². The van der Waals surface area contributed by atoms with Gasteiger partial charge in [-0.1, -0.05) is 36.4 Å². The zero-order chi connectivity index (χ0) is 21.4. The minimum Gasteiger partial charge on any atom is -0.338 e. The van der Waals surface area contributed by atoms with E-state index in [1.165, 1.54) is 15.9 Å². The van der Waals surface area contributed by atoms with E-state index in [0.29, 0.717) is 18.7 Å². The number of hydrogen-bond acceptors (Lipinski definition) is 1. The second-order valence-corrected chi connectivity index (χ2v) is 7.68. The summed E-state index contributed by atoms with van der Waals surface area (Å²) < 4.78 is 39.5. The van der Waals surface area contributed by atoms with Crippen molar-refractivity contribution in [3.05, 3.63) is 65.7 Å². The normalized spacial score (nSPS) is 19.3. The van der Waals surface area contributed by atoms with E-state index in [4.69, 9.17) is 0 Å². The van der Waals surface area contributed by atoms with Crippen LogP contribution in [0.15, 0.2) is 54.6 Å². The predicted octanol–water partition coefficient (Wildman–Crippen LogP) is 1.20. The third-order valence-corrected chi connectivity index (χ3v) is 5.45. The number of anilines is 1. The largest absolute Gasteiger partial charge is 0.416 e. The number of halogens is 3. The number of carbonyl (C=O) groups is 1. The number of benzene rings is 2. The Morgan fingerprint density at radius 2 is 1.53 bits per heavy atom. The number of quaternary nitrogens is 2. The lowest BCUT2D eigenvalue weighted by atomic mass is 10.1. The van der Waals surface area contributed by atoms with Crippen molar-refractivity contribution in [1.29, 1.82) is 0 Å². The number of hydrogen-bond donors (Lipinski definition) is 4. The molecule has 2 aromatic carbocycles. The average molecular weight is 422 g/mol. The van der Waals surface area contributed by atoms with Crippen LogP contribution in [-0.2, 0) is 12.7 Å². The molecule has 8 heteroatoms. The van der Waals surface area contributed by atoms with Gasteiger partial charge in [0.15, 0.2) is 0 Å². The molecule has 0 spiro atoms. The van der Waals surface area contributed by atoms with Gasteiger partial charge in [0.25, 0.3) is 0 Å². The summed E-state index contributed by atoms with van der Waals surface area (Å²) in [6.45, 7) is 5.51. The van der Waals surface area contributed by atoms with Crippen LogP contribution in [0.25, 0.3) is 0 Å². The summed E-state index contributed by atoms with van der Waals surface area (Å²) in [5.74, 6) is 0. The monoisotopic (exact) mass is 422 g/mol. The lowest BCUT2D eigenvalue weighted by Gasteiger charge is -2.30. The van der Waals surface area contributed by atoms with Crippen LogP contribution in [0.5, 0.6) is 0 Å². The van der Waals surface area contributed by atoms with Crippen LogP contribution in [0, 0.1) is 0 Å². The number of alkyl halides is 3. The Morgan fingerprint density at radius 1 is 0.900 bits per heavy atom. The lowest BCUT2D eigenvalue weighted by molar-refractivity contribution is -1.02. The number of rotatable bonds is 7. The molecule has 2 amide bonds. The first kappa shape index (κ1) is 22.1. The summed E-state index contributed by atoms with van der Waals surface area (Å²) >= 11 is 0. The van der Waals surface area contributed by atoms with Crippen LogP contribution in [0.4, 0.5) is 23.7 Å². The SMILES string of the molecule is O=C(NCCC[NH+]1CC[NH+](Cc2ccccc2C(F)(F)F)CC1)Nc1ccccc1. The average Bonchev–Trinajstić information content (AvgIpc) is 2.73. The molecular formula is C22H29F3N4O+2. The Bertz CT molecular complexity index is 806. The molecule has 162 valence electrons. The molecule has 2 aromatic rings. The number of piperazine rings is 1. The standard InChI is InChI=1S/C22H27F3N4O/c23-22(24,25)20-10-5-4-7-18(20)17-29-15-13-28(14-16-29)12-6-11-26-21(30)27-19-8-2-1-3-9-19/h1-5,7-10H,6,11-17H2,(H2,26,27,30)/p+2.